The molecule has 2 heterocycles. The molecule has 1 aromatic carbocycles. The van der Waals surface area contributed by atoms with Gasteiger partial charge in [0.2, 0.25) is 0 Å². The Labute approximate surface area is 152 Å². The van der Waals surface area contributed by atoms with Gasteiger partial charge in [-0.3, -0.25) is 10.1 Å². The Kier molecular flexibility index (Phi) is 5.03. The number of aromatic nitrogens is 3. The SMILES string of the molecule is Cc1csc(NC(=O)c2ccn(COc3ccc(Cl)cc3Cl)n2)n1. The van der Waals surface area contributed by atoms with E-state index >= 15 is 0 Å². The number of benzene rings is 1. The molecule has 0 atom stereocenters. The van der Waals surface area contributed by atoms with Gasteiger partial charge < -0.3 is 4.74 Å². The second kappa shape index (κ2) is 7.21. The van der Waals surface area contributed by atoms with E-state index in [2.05, 4.69) is 15.4 Å². The van der Waals surface area contributed by atoms with E-state index in [9.17, 15) is 4.79 Å². The summed E-state index contributed by atoms with van der Waals surface area (Å²) >= 11 is 13.2. The largest absolute Gasteiger partial charge is 0.470 e. The Morgan fingerprint density at radius 3 is 2.92 bits per heavy atom. The van der Waals surface area contributed by atoms with Gasteiger partial charge in [-0.15, -0.1) is 11.3 Å². The molecule has 0 saturated carbocycles. The van der Waals surface area contributed by atoms with Crippen molar-refractivity contribution in [3.05, 3.63) is 57.3 Å². The first-order valence-corrected chi connectivity index (χ1v) is 8.49. The maximum Gasteiger partial charge on any atom is 0.277 e. The second-order valence-electron chi connectivity index (χ2n) is 4.84. The van der Waals surface area contributed by atoms with Gasteiger partial charge in [0.05, 0.1) is 10.7 Å². The minimum absolute atomic E-state index is 0.116. The quantitative estimate of drug-likeness (QED) is 0.716. The van der Waals surface area contributed by atoms with Crippen LogP contribution >= 0.6 is 34.5 Å². The van der Waals surface area contributed by atoms with E-state index in [1.807, 2.05) is 12.3 Å². The van der Waals surface area contributed by atoms with Crippen molar-refractivity contribution in [2.75, 3.05) is 5.32 Å². The summed E-state index contributed by atoms with van der Waals surface area (Å²) in [7, 11) is 0. The van der Waals surface area contributed by atoms with E-state index in [0.717, 1.165) is 5.69 Å². The van der Waals surface area contributed by atoms with Crippen LogP contribution in [0.15, 0.2) is 35.8 Å². The number of hydrogen-bond donors (Lipinski definition) is 1. The molecular formula is C15H12Cl2N4O2S. The highest BCUT2D eigenvalue weighted by atomic mass is 35.5. The van der Waals surface area contributed by atoms with Crippen LogP contribution in [0.2, 0.25) is 10.0 Å². The lowest BCUT2D eigenvalue weighted by Gasteiger charge is -2.08. The van der Waals surface area contributed by atoms with Gasteiger partial charge in [-0.25, -0.2) is 9.67 Å². The molecule has 0 aliphatic rings. The lowest BCUT2D eigenvalue weighted by molar-refractivity contribution is 0.102. The van der Waals surface area contributed by atoms with E-state index in [1.54, 1.807) is 30.5 Å². The van der Waals surface area contributed by atoms with Crippen LogP contribution < -0.4 is 10.1 Å². The molecule has 0 bridgehead atoms. The van der Waals surface area contributed by atoms with Crippen molar-refractivity contribution in [1.82, 2.24) is 14.8 Å². The van der Waals surface area contributed by atoms with Gasteiger partial charge in [-0.05, 0) is 31.2 Å². The number of carbonyl (C=O) groups excluding carboxylic acids is 1. The van der Waals surface area contributed by atoms with E-state index < -0.39 is 0 Å². The van der Waals surface area contributed by atoms with E-state index in [-0.39, 0.29) is 18.3 Å². The molecule has 3 aromatic rings. The number of halogens is 2. The maximum absolute atomic E-state index is 12.1. The first kappa shape index (κ1) is 16.8. The van der Waals surface area contributed by atoms with Crippen LogP contribution in [0.4, 0.5) is 5.13 Å². The number of aryl methyl sites for hydroxylation is 1. The van der Waals surface area contributed by atoms with E-state index in [0.29, 0.717) is 20.9 Å². The van der Waals surface area contributed by atoms with Crippen LogP contribution in [-0.4, -0.2) is 20.7 Å². The number of carbonyl (C=O) groups is 1. The Morgan fingerprint density at radius 1 is 1.38 bits per heavy atom. The van der Waals surface area contributed by atoms with Gasteiger partial charge >= 0.3 is 0 Å². The highest BCUT2D eigenvalue weighted by Crippen LogP contribution is 2.27. The predicted octanol–water partition coefficient (Wildman–Crippen LogP) is 4.24. The number of nitrogens with zero attached hydrogens (tertiary/aromatic N) is 3. The number of anilines is 1. The summed E-state index contributed by atoms with van der Waals surface area (Å²) in [5.41, 5.74) is 1.13. The van der Waals surface area contributed by atoms with Gasteiger partial charge in [0.15, 0.2) is 17.6 Å². The van der Waals surface area contributed by atoms with E-state index in [4.69, 9.17) is 27.9 Å². The number of rotatable bonds is 5. The Hall–Kier alpha value is -2.09. The summed E-state index contributed by atoms with van der Waals surface area (Å²) in [6.07, 6.45) is 1.64. The molecule has 6 nitrogen and oxygen atoms in total. The molecule has 124 valence electrons. The lowest BCUT2D eigenvalue weighted by Crippen LogP contribution is -2.14. The molecule has 1 amide bonds. The maximum atomic E-state index is 12.1. The summed E-state index contributed by atoms with van der Waals surface area (Å²) < 4.78 is 7.05. The molecular weight excluding hydrogens is 371 g/mol. The van der Waals surface area contributed by atoms with Gasteiger partial charge in [0.25, 0.3) is 5.91 Å². The number of thiazole rings is 1. The van der Waals surface area contributed by atoms with Crippen LogP contribution in [0.1, 0.15) is 16.2 Å². The Bertz CT molecular complexity index is 878. The zero-order valence-electron chi connectivity index (χ0n) is 12.5. The van der Waals surface area contributed by atoms with Crippen LogP contribution in [0.25, 0.3) is 0 Å². The predicted molar refractivity (Wildman–Crippen MR) is 94.1 cm³/mol. The zero-order chi connectivity index (χ0) is 17.1. The van der Waals surface area contributed by atoms with Gasteiger partial charge in [0, 0.05) is 16.6 Å². The molecule has 0 saturated heterocycles. The molecule has 24 heavy (non-hydrogen) atoms. The number of nitrogens with one attached hydrogen (secondary N) is 1. The van der Waals surface area contributed by atoms with Crippen molar-refractivity contribution < 1.29 is 9.53 Å². The van der Waals surface area contributed by atoms with Crippen LogP contribution in [0.5, 0.6) is 5.75 Å². The first-order valence-electron chi connectivity index (χ1n) is 6.86. The Morgan fingerprint density at radius 2 is 2.21 bits per heavy atom. The molecule has 0 fully saturated rings. The van der Waals surface area contributed by atoms with Gasteiger partial charge in [-0.1, -0.05) is 23.2 Å². The van der Waals surface area contributed by atoms with Crippen molar-refractivity contribution in [1.29, 1.82) is 0 Å². The number of amides is 1. The highest BCUT2D eigenvalue weighted by molar-refractivity contribution is 7.13. The summed E-state index contributed by atoms with van der Waals surface area (Å²) in [6, 6.07) is 6.55. The van der Waals surface area contributed by atoms with Crippen molar-refractivity contribution in [2.45, 2.75) is 13.7 Å². The molecule has 1 N–H and O–H groups in total. The third-order valence-electron chi connectivity index (χ3n) is 2.96. The number of ether oxygens (including phenoxy) is 1. The molecule has 2 aromatic heterocycles. The molecule has 3 rings (SSSR count). The first-order chi connectivity index (χ1) is 11.5. The normalized spacial score (nSPS) is 10.6. The van der Waals surface area contributed by atoms with Crippen molar-refractivity contribution in [3.8, 4) is 5.75 Å². The second-order valence-corrected chi connectivity index (χ2v) is 6.54. The van der Waals surface area contributed by atoms with Crippen molar-refractivity contribution in [2.24, 2.45) is 0 Å². The third kappa shape index (κ3) is 4.05. The monoisotopic (exact) mass is 382 g/mol. The third-order valence-corrected chi connectivity index (χ3v) is 4.37. The van der Waals surface area contributed by atoms with E-state index in [1.165, 1.54) is 16.0 Å². The van der Waals surface area contributed by atoms with Crippen LogP contribution in [-0.2, 0) is 6.73 Å². The lowest BCUT2D eigenvalue weighted by atomic mass is 10.3. The summed E-state index contributed by atoms with van der Waals surface area (Å²) in [6.45, 7) is 1.98. The molecule has 0 unspecified atom stereocenters. The molecule has 0 aliphatic heterocycles. The highest BCUT2D eigenvalue weighted by Gasteiger charge is 2.12. The summed E-state index contributed by atoms with van der Waals surface area (Å²) in [5.74, 6) is 0.161. The fourth-order valence-electron chi connectivity index (χ4n) is 1.86. The fourth-order valence-corrected chi connectivity index (χ4v) is 3.00. The molecule has 9 heteroatoms. The fraction of sp³-hybridized carbons (Fsp3) is 0.133. The van der Waals surface area contributed by atoms with Crippen LogP contribution in [0.3, 0.4) is 0 Å². The number of hydrogen-bond acceptors (Lipinski definition) is 5. The van der Waals surface area contributed by atoms with Crippen LogP contribution in [0, 0.1) is 6.92 Å². The summed E-state index contributed by atoms with van der Waals surface area (Å²) in [4.78, 5) is 16.3. The minimum atomic E-state index is -0.326. The Balaban J connectivity index is 1.61. The molecule has 0 aliphatic carbocycles. The van der Waals surface area contributed by atoms with Gasteiger partial charge in [0.1, 0.15) is 5.75 Å². The molecule has 0 spiro atoms. The smallest absolute Gasteiger partial charge is 0.277 e. The summed E-state index contributed by atoms with van der Waals surface area (Å²) in [5, 5.41) is 10.2. The topological polar surface area (TPSA) is 69.0 Å². The average Bonchev–Trinajstić information content (AvgIpc) is 3.15. The van der Waals surface area contributed by atoms with Crippen molar-refractivity contribution >= 4 is 45.6 Å². The zero-order valence-corrected chi connectivity index (χ0v) is 14.8. The van der Waals surface area contributed by atoms with Gasteiger partial charge in [-0.2, -0.15) is 5.10 Å². The standard InChI is InChI=1S/C15H12Cl2N4O2S/c1-9-7-24-15(18-9)19-14(22)12-4-5-21(20-12)8-23-13-3-2-10(16)6-11(13)17/h2-7H,8H2,1H3,(H,18,19,22). The average molecular weight is 383 g/mol. The molecule has 0 radical (unpaired) electrons. The minimum Gasteiger partial charge on any atom is -0.470 e. The van der Waals surface area contributed by atoms with Crippen molar-refractivity contribution in [3.63, 3.8) is 0 Å².